The first-order valence-corrected chi connectivity index (χ1v) is 4.81. The van der Waals surface area contributed by atoms with Crippen LogP contribution in [0.4, 0.5) is 0 Å². The van der Waals surface area contributed by atoms with Crippen LogP contribution >= 0.6 is 0 Å². The molecule has 1 aliphatic heterocycles. The highest BCUT2D eigenvalue weighted by Crippen LogP contribution is 2.24. The molecule has 1 aromatic rings. The van der Waals surface area contributed by atoms with Gasteiger partial charge in [-0.1, -0.05) is 6.07 Å². The van der Waals surface area contributed by atoms with Gasteiger partial charge in [-0.15, -0.1) is 0 Å². The highest BCUT2D eigenvalue weighted by molar-refractivity contribution is 5.79. The maximum absolute atomic E-state index is 11.2. The maximum atomic E-state index is 11.2. The van der Waals surface area contributed by atoms with E-state index < -0.39 is 0 Å². The van der Waals surface area contributed by atoms with E-state index in [1.807, 2.05) is 19.1 Å². The second-order valence-electron chi connectivity index (χ2n) is 3.61. The van der Waals surface area contributed by atoms with Gasteiger partial charge < -0.3 is 4.74 Å². The van der Waals surface area contributed by atoms with Crippen LogP contribution in [0.1, 0.15) is 30.2 Å². The number of rotatable bonds is 1. The van der Waals surface area contributed by atoms with Crippen molar-refractivity contribution in [2.24, 2.45) is 0 Å². The van der Waals surface area contributed by atoms with Gasteiger partial charge in [0.05, 0.1) is 12.3 Å². The lowest BCUT2D eigenvalue weighted by Crippen LogP contribution is -2.20. The van der Waals surface area contributed by atoms with E-state index in [0.29, 0.717) is 19.4 Å². The lowest BCUT2D eigenvalue weighted by molar-refractivity contribution is -0.128. The predicted octanol–water partition coefficient (Wildman–Crippen LogP) is 1.81. The summed E-state index contributed by atoms with van der Waals surface area (Å²) in [7, 11) is 0. The molecule has 3 nitrogen and oxygen atoms in total. The molecule has 0 spiro atoms. The van der Waals surface area contributed by atoms with E-state index in [-0.39, 0.29) is 11.9 Å². The molecule has 0 aromatic carbocycles. The lowest BCUT2D eigenvalue weighted by Gasteiger charge is -2.21. The predicted molar refractivity (Wildman–Crippen MR) is 51.9 cm³/mol. The van der Waals surface area contributed by atoms with Crippen molar-refractivity contribution in [2.75, 3.05) is 6.61 Å². The molecule has 0 bridgehead atoms. The standard InChI is InChI=1S/C11H13NO2/c1-8-2-3-10(12-7-8)11-6-9(13)4-5-14-11/h2-3,7,11H,4-6H2,1H3. The maximum Gasteiger partial charge on any atom is 0.138 e. The van der Waals surface area contributed by atoms with E-state index in [2.05, 4.69) is 4.98 Å². The zero-order chi connectivity index (χ0) is 9.97. The molecule has 0 amide bonds. The molecule has 2 rings (SSSR count). The van der Waals surface area contributed by atoms with Gasteiger partial charge in [-0.05, 0) is 18.6 Å². The molecule has 0 radical (unpaired) electrons. The molecule has 2 heterocycles. The number of nitrogens with zero attached hydrogens (tertiary/aromatic N) is 1. The third kappa shape index (κ3) is 1.99. The van der Waals surface area contributed by atoms with Crippen LogP contribution in [0.25, 0.3) is 0 Å². The van der Waals surface area contributed by atoms with E-state index in [0.717, 1.165) is 11.3 Å². The molecule has 1 aromatic heterocycles. The van der Waals surface area contributed by atoms with Gasteiger partial charge in [0.25, 0.3) is 0 Å². The third-order valence-electron chi connectivity index (χ3n) is 2.38. The molecule has 0 saturated carbocycles. The van der Waals surface area contributed by atoms with Crippen molar-refractivity contribution in [2.45, 2.75) is 25.9 Å². The molecule has 1 aliphatic rings. The molecule has 0 N–H and O–H groups in total. The Hall–Kier alpha value is -1.22. The minimum absolute atomic E-state index is 0.128. The van der Waals surface area contributed by atoms with Crippen molar-refractivity contribution in [1.29, 1.82) is 0 Å². The summed E-state index contributed by atoms with van der Waals surface area (Å²) in [5.74, 6) is 0.267. The Labute approximate surface area is 83.1 Å². The third-order valence-corrected chi connectivity index (χ3v) is 2.38. The largest absolute Gasteiger partial charge is 0.371 e. The van der Waals surface area contributed by atoms with E-state index in [9.17, 15) is 4.79 Å². The summed E-state index contributed by atoms with van der Waals surface area (Å²) in [5, 5.41) is 0. The zero-order valence-electron chi connectivity index (χ0n) is 8.19. The smallest absolute Gasteiger partial charge is 0.138 e. The van der Waals surface area contributed by atoms with Crippen molar-refractivity contribution in [3.63, 3.8) is 0 Å². The summed E-state index contributed by atoms with van der Waals surface area (Å²) in [5.41, 5.74) is 1.99. The highest BCUT2D eigenvalue weighted by atomic mass is 16.5. The number of aryl methyl sites for hydroxylation is 1. The SMILES string of the molecule is Cc1ccc(C2CC(=O)CCO2)nc1. The number of hydrogen-bond donors (Lipinski definition) is 0. The second-order valence-corrected chi connectivity index (χ2v) is 3.61. The van der Waals surface area contributed by atoms with Gasteiger partial charge >= 0.3 is 0 Å². The fourth-order valence-corrected chi connectivity index (χ4v) is 1.54. The minimum atomic E-state index is -0.128. The normalized spacial score (nSPS) is 22.4. The first-order valence-electron chi connectivity index (χ1n) is 4.81. The molecule has 74 valence electrons. The highest BCUT2D eigenvalue weighted by Gasteiger charge is 2.22. The Balaban J connectivity index is 2.14. The fraction of sp³-hybridized carbons (Fsp3) is 0.455. The molecule has 1 saturated heterocycles. The number of pyridine rings is 1. The van der Waals surface area contributed by atoms with Gasteiger partial charge in [-0.3, -0.25) is 9.78 Å². The molecule has 0 aliphatic carbocycles. The molecule has 1 fully saturated rings. The van der Waals surface area contributed by atoms with Gasteiger partial charge in [-0.25, -0.2) is 0 Å². The number of Topliss-reactive ketones (excluding diaryl/α,β-unsaturated/α-hetero) is 1. The minimum Gasteiger partial charge on any atom is -0.371 e. The van der Waals surface area contributed by atoms with Gasteiger partial charge in [0.1, 0.15) is 11.9 Å². The van der Waals surface area contributed by atoms with Crippen LogP contribution in [-0.4, -0.2) is 17.4 Å². The van der Waals surface area contributed by atoms with E-state index in [4.69, 9.17) is 4.74 Å². The van der Waals surface area contributed by atoms with Crippen LogP contribution in [0.5, 0.6) is 0 Å². The molecular weight excluding hydrogens is 178 g/mol. The first-order chi connectivity index (χ1) is 6.75. The second kappa shape index (κ2) is 3.88. The van der Waals surface area contributed by atoms with E-state index >= 15 is 0 Å². The Morgan fingerprint density at radius 3 is 3.00 bits per heavy atom. The summed E-state index contributed by atoms with van der Waals surface area (Å²) >= 11 is 0. The summed E-state index contributed by atoms with van der Waals surface area (Å²) in [6.07, 6.45) is 2.69. The Morgan fingerprint density at radius 1 is 1.50 bits per heavy atom. The van der Waals surface area contributed by atoms with Crippen LogP contribution in [0.3, 0.4) is 0 Å². The molecule has 1 unspecified atom stereocenters. The number of carbonyl (C=O) groups is 1. The first kappa shape index (κ1) is 9.34. The van der Waals surface area contributed by atoms with Crippen molar-refractivity contribution < 1.29 is 9.53 Å². The topological polar surface area (TPSA) is 39.2 Å². The lowest BCUT2D eigenvalue weighted by atomic mass is 10.0. The van der Waals surface area contributed by atoms with Gasteiger partial charge in [0, 0.05) is 19.0 Å². The Kier molecular flexibility index (Phi) is 2.59. The zero-order valence-corrected chi connectivity index (χ0v) is 8.19. The van der Waals surface area contributed by atoms with Gasteiger partial charge in [0.2, 0.25) is 0 Å². The monoisotopic (exact) mass is 191 g/mol. The molecule has 3 heteroatoms. The van der Waals surface area contributed by atoms with Crippen molar-refractivity contribution in [1.82, 2.24) is 4.98 Å². The van der Waals surface area contributed by atoms with Gasteiger partial charge in [-0.2, -0.15) is 0 Å². The van der Waals surface area contributed by atoms with Gasteiger partial charge in [0.15, 0.2) is 0 Å². The summed E-state index contributed by atoms with van der Waals surface area (Å²) < 4.78 is 5.49. The summed E-state index contributed by atoms with van der Waals surface area (Å²) in [4.78, 5) is 15.5. The quantitative estimate of drug-likeness (QED) is 0.679. The average molecular weight is 191 g/mol. The van der Waals surface area contributed by atoms with Crippen molar-refractivity contribution in [3.8, 4) is 0 Å². The Bertz CT molecular complexity index is 332. The van der Waals surface area contributed by atoms with Crippen molar-refractivity contribution >= 4 is 5.78 Å². The van der Waals surface area contributed by atoms with Crippen molar-refractivity contribution in [3.05, 3.63) is 29.6 Å². The van der Waals surface area contributed by atoms with Crippen LogP contribution in [-0.2, 0) is 9.53 Å². The number of carbonyl (C=O) groups excluding carboxylic acids is 1. The number of hydrogen-bond acceptors (Lipinski definition) is 3. The fourth-order valence-electron chi connectivity index (χ4n) is 1.54. The summed E-state index contributed by atoms with van der Waals surface area (Å²) in [6, 6.07) is 3.92. The number of ether oxygens (including phenoxy) is 1. The average Bonchev–Trinajstić information content (AvgIpc) is 2.19. The van der Waals surface area contributed by atoms with Crippen LogP contribution in [0, 0.1) is 6.92 Å². The van der Waals surface area contributed by atoms with Crippen LogP contribution in [0.2, 0.25) is 0 Å². The summed E-state index contributed by atoms with van der Waals surface area (Å²) in [6.45, 7) is 2.52. The van der Waals surface area contributed by atoms with E-state index in [1.165, 1.54) is 0 Å². The molecule has 1 atom stereocenters. The number of ketones is 1. The molecule has 14 heavy (non-hydrogen) atoms. The van der Waals surface area contributed by atoms with Crippen LogP contribution < -0.4 is 0 Å². The van der Waals surface area contributed by atoms with Crippen LogP contribution in [0.15, 0.2) is 18.3 Å². The molecular formula is C11H13NO2. The number of aromatic nitrogens is 1. The van der Waals surface area contributed by atoms with E-state index in [1.54, 1.807) is 6.20 Å². The Morgan fingerprint density at radius 2 is 2.36 bits per heavy atom.